The summed E-state index contributed by atoms with van der Waals surface area (Å²) < 4.78 is 1.94. The van der Waals surface area contributed by atoms with Gasteiger partial charge >= 0.3 is 0 Å². The third-order valence-corrected chi connectivity index (χ3v) is 1.72. The third-order valence-electron chi connectivity index (χ3n) is 1.72. The lowest BCUT2D eigenvalue weighted by Gasteiger charge is -1.98. The fraction of sp³-hybridized carbons (Fsp3) is 0.400. The molecule has 0 saturated carbocycles. The number of hydrogen-bond acceptors (Lipinski definition) is 2. The highest BCUT2D eigenvalue weighted by atomic mass is 15.1. The molecule has 1 heterocycles. The first-order chi connectivity index (χ1) is 6.49. The van der Waals surface area contributed by atoms with Crippen LogP contribution in [0.1, 0.15) is 25.4 Å². The summed E-state index contributed by atoms with van der Waals surface area (Å²) in [5, 5.41) is 0. The molecule has 1 rings (SSSR count). The topological polar surface area (TPSA) is 56.2 Å². The fourth-order valence-corrected chi connectivity index (χ4v) is 1.28. The zero-order valence-electron chi connectivity index (χ0n) is 9.07. The first-order valence-electron chi connectivity index (χ1n) is 4.50. The van der Waals surface area contributed by atoms with Crippen LogP contribution in [0.3, 0.4) is 0 Å². The van der Waals surface area contributed by atoms with Crippen molar-refractivity contribution in [3.63, 3.8) is 0 Å². The van der Waals surface area contributed by atoms with Crippen LogP contribution in [0.5, 0.6) is 0 Å². The van der Waals surface area contributed by atoms with Gasteiger partial charge in [-0.05, 0) is 27.7 Å². The quantitative estimate of drug-likeness (QED) is 0.572. The Bertz CT molecular complexity index is 381. The Balaban J connectivity index is 2.97. The minimum absolute atomic E-state index is 0.563. The van der Waals surface area contributed by atoms with Gasteiger partial charge in [0, 0.05) is 12.4 Å². The molecule has 0 saturated heterocycles. The number of nitrogens with zero attached hydrogens (tertiary/aromatic N) is 3. The lowest BCUT2D eigenvalue weighted by atomic mass is 10.5. The maximum atomic E-state index is 5.47. The van der Waals surface area contributed by atoms with E-state index in [2.05, 4.69) is 9.98 Å². The van der Waals surface area contributed by atoms with Gasteiger partial charge in [0.25, 0.3) is 0 Å². The van der Waals surface area contributed by atoms with Gasteiger partial charge < -0.3 is 10.3 Å². The molecule has 4 heteroatoms. The molecule has 1 aromatic rings. The molecule has 0 aromatic carbocycles. The number of nitrogens with two attached hydrogens (primary N) is 1. The first kappa shape index (κ1) is 10.5. The zero-order chi connectivity index (χ0) is 10.7. The normalized spacial score (nSPS) is 13.4. The highest BCUT2D eigenvalue weighted by molar-refractivity contribution is 5.78. The molecule has 2 N–H and O–H groups in total. The van der Waals surface area contributed by atoms with Gasteiger partial charge in [-0.1, -0.05) is 0 Å². The van der Waals surface area contributed by atoms with Crippen LogP contribution < -0.4 is 5.73 Å². The Morgan fingerprint density at radius 1 is 1.50 bits per heavy atom. The SMILES string of the molecule is CC(N)=N/C(C)=C\n1cc(C)nc1C. The average molecular weight is 192 g/mol. The van der Waals surface area contributed by atoms with E-state index in [1.807, 2.05) is 37.7 Å². The maximum absolute atomic E-state index is 5.47. The monoisotopic (exact) mass is 192 g/mol. The molecule has 14 heavy (non-hydrogen) atoms. The molecule has 0 spiro atoms. The van der Waals surface area contributed by atoms with Gasteiger partial charge in [-0.2, -0.15) is 0 Å². The molecule has 0 aliphatic heterocycles. The lowest BCUT2D eigenvalue weighted by Crippen LogP contribution is -2.05. The number of rotatable bonds is 2. The highest BCUT2D eigenvalue weighted by Gasteiger charge is 1.97. The molecule has 76 valence electrons. The standard InChI is InChI=1S/C10H16N4/c1-7(12-9(3)11)5-14-6-8(2)13-10(14)4/h5-6H,1-4H3,(H2,11,12)/b7-5-. The van der Waals surface area contributed by atoms with Gasteiger partial charge in [-0.25, -0.2) is 9.98 Å². The number of imidazole rings is 1. The number of allylic oxidation sites excluding steroid dienone is 1. The number of amidine groups is 1. The summed E-state index contributed by atoms with van der Waals surface area (Å²) in [7, 11) is 0. The molecule has 0 bridgehead atoms. The summed E-state index contributed by atoms with van der Waals surface area (Å²) in [6.07, 6.45) is 3.87. The smallest absolute Gasteiger partial charge is 0.109 e. The van der Waals surface area contributed by atoms with Crippen molar-refractivity contribution >= 4 is 12.0 Å². The largest absolute Gasteiger partial charge is 0.387 e. The molecule has 0 aliphatic rings. The van der Waals surface area contributed by atoms with E-state index in [4.69, 9.17) is 5.73 Å². The van der Waals surface area contributed by atoms with Gasteiger partial charge in [0.2, 0.25) is 0 Å². The summed E-state index contributed by atoms with van der Waals surface area (Å²) in [4.78, 5) is 8.41. The number of aliphatic imine (C=N–C) groups is 1. The van der Waals surface area contributed by atoms with Crippen LogP contribution in [0.25, 0.3) is 6.20 Å². The Hall–Kier alpha value is -1.58. The van der Waals surface area contributed by atoms with Crippen molar-refractivity contribution in [1.82, 2.24) is 9.55 Å². The lowest BCUT2D eigenvalue weighted by molar-refractivity contribution is 1.01. The Labute approximate surface area is 84.2 Å². The summed E-state index contributed by atoms with van der Waals surface area (Å²) in [6, 6.07) is 0. The second kappa shape index (κ2) is 4.09. The van der Waals surface area contributed by atoms with Crippen molar-refractivity contribution in [3.8, 4) is 0 Å². The Morgan fingerprint density at radius 3 is 2.57 bits per heavy atom. The summed E-state index contributed by atoms with van der Waals surface area (Å²) in [5.74, 6) is 1.51. The first-order valence-corrected chi connectivity index (χ1v) is 4.50. The molecule has 0 radical (unpaired) electrons. The van der Waals surface area contributed by atoms with Crippen LogP contribution in [-0.2, 0) is 0 Å². The van der Waals surface area contributed by atoms with Gasteiger partial charge in [0.1, 0.15) is 5.82 Å². The zero-order valence-corrected chi connectivity index (χ0v) is 9.07. The average Bonchev–Trinajstić information content (AvgIpc) is 2.28. The van der Waals surface area contributed by atoms with Crippen LogP contribution in [-0.4, -0.2) is 15.4 Å². The van der Waals surface area contributed by atoms with Crippen LogP contribution in [0.2, 0.25) is 0 Å². The van der Waals surface area contributed by atoms with E-state index in [1.165, 1.54) is 0 Å². The predicted octanol–water partition coefficient (Wildman–Crippen LogP) is 1.70. The van der Waals surface area contributed by atoms with Crippen molar-refractivity contribution in [2.45, 2.75) is 27.7 Å². The minimum Gasteiger partial charge on any atom is -0.387 e. The van der Waals surface area contributed by atoms with Gasteiger partial charge in [0.05, 0.1) is 17.2 Å². The second-order valence-corrected chi connectivity index (χ2v) is 3.36. The summed E-state index contributed by atoms with van der Waals surface area (Å²) >= 11 is 0. The van der Waals surface area contributed by atoms with Gasteiger partial charge in [-0.15, -0.1) is 0 Å². The number of aryl methyl sites for hydroxylation is 2. The van der Waals surface area contributed by atoms with E-state index in [9.17, 15) is 0 Å². The van der Waals surface area contributed by atoms with E-state index >= 15 is 0 Å². The summed E-state index contributed by atoms with van der Waals surface area (Å²) in [5.41, 5.74) is 7.34. The van der Waals surface area contributed by atoms with Crippen molar-refractivity contribution in [2.24, 2.45) is 10.7 Å². The molecule has 0 unspecified atom stereocenters. The molecule has 4 nitrogen and oxygen atoms in total. The molecular weight excluding hydrogens is 176 g/mol. The third kappa shape index (κ3) is 2.73. The van der Waals surface area contributed by atoms with E-state index in [-0.39, 0.29) is 0 Å². The van der Waals surface area contributed by atoms with Crippen molar-refractivity contribution in [1.29, 1.82) is 0 Å². The van der Waals surface area contributed by atoms with Gasteiger partial charge in [0.15, 0.2) is 0 Å². The van der Waals surface area contributed by atoms with E-state index in [1.54, 1.807) is 6.92 Å². The molecule has 0 fully saturated rings. The molecule has 0 aliphatic carbocycles. The summed E-state index contributed by atoms with van der Waals surface area (Å²) in [6.45, 7) is 7.59. The fourth-order valence-electron chi connectivity index (χ4n) is 1.28. The Morgan fingerprint density at radius 2 is 2.14 bits per heavy atom. The molecule has 0 atom stereocenters. The minimum atomic E-state index is 0.563. The van der Waals surface area contributed by atoms with Crippen LogP contribution in [0.4, 0.5) is 0 Å². The highest BCUT2D eigenvalue weighted by Crippen LogP contribution is 2.05. The van der Waals surface area contributed by atoms with Crippen molar-refractivity contribution < 1.29 is 0 Å². The van der Waals surface area contributed by atoms with Crippen LogP contribution in [0, 0.1) is 13.8 Å². The van der Waals surface area contributed by atoms with Crippen LogP contribution >= 0.6 is 0 Å². The Kier molecular flexibility index (Phi) is 3.06. The number of hydrogen-bond donors (Lipinski definition) is 1. The van der Waals surface area contributed by atoms with Gasteiger partial charge in [-0.3, -0.25) is 0 Å². The molecule has 0 amide bonds. The van der Waals surface area contributed by atoms with E-state index in [0.717, 1.165) is 17.2 Å². The van der Waals surface area contributed by atoms with E-state index < -0.39 is 0 Å². The predicted molar refractivity (Wildman–Crippen MR) is 58.9 cm³/mol. The second-order valence-electron chi connectivity index (χ2n) is 3.36. The molecule has 1 aromatic heterocycles. The van der Waals surface area contributed by atoms with Crippen molar-refractivity contribution in [2.75, 3.05) is 0 Å². The van der Waals surface area contributed by atoms with Crippen molar-refractivity contribution in [3.05, 3.63) is 23.4 Å². The maximum Gasteiger partial charge on any atom is 0.109 e. The van der Waals surface area contributed by atoms with E-state index in [0.29, 0.717) is 5.84 Å². The molecular formula is C10H16N4. The van der Waals surface area contributed by atoms with Crippen LogP contribution in [0.15, 0.2) is 16.9 Å². The number of aromatic nitrogens is 2.